The van der Waals surface area contributed by atoms with E-state index < -0.39 is 0 Å². The molecule has 1 saturated heterocycles. The first-order valence-corrected chi connectivity index (χ1v) is 11.1. The number of morpholine rings is 1. The number of hydrogen-bond acceptors (Lipinski definition) is 4. The van der Waals surface area contributed by atoms with Crippen LogP contribution < -0.4 is 10.2 Å². The molecule has 1 N–H and O–H groups in total. The first kappa shape index (κ1) is 22.1. The SMILES string of the molecule is CN(C)Cc1ccc(-c2ccccc2CNC(=O)c2ccc(N3CCOCC3)cc2)cc1. The molecule has 1 amide bonds. The number of carbonyl (C=O) groups excluding carboxylic acids is 1. The van der Waals surface area contributed by atoms with E-state index in [0.717, 1.165) is 55.2 Å². The minimum atomic E-state index is -0.0605. The minimum absolute atomic E-state index is 0.0605. The Morgan fingerprint density at radius 3 is 2.31 bits per heavy atom. The van der Waals surface area contributed by atoms with Gasteiger partial charge in [-0.25, -0.2) is 0 Å². The van der Waals surface area contributed by atoms with Gasteiger partial charge >= 0.3 is 0 Å². The quantitative estimate of drug-likeness (QED) is 0.612. The van der Waals surface area contributed by atoms with Gasteiger partial charge in [-0.3, -0.25) is 4.79 Å². The maximum Gasteiger partial charge on any atom is 0.251 e. The van der Waals surface area contributed by atoms with Gasteiger partial charge in [0.2, 0.25) is 0 Å². The van der Waals surface area contributed by atoms with Gasteiger partial charge in [-0.1, -0.05) is 48.5 Å². The van der Waals surface area contributed by atoms with Crippen LogP contribution in [0, 0.1) is 0 Å². The number of nitrogens with zero attached hydrogens (tertiary/aromatic N) is 2. The van der Waals surface area contributed by atoms with E-state index in [2.05, 4.69) is 65.6 Å². The summed E-state index contributed by atoms with van der Waals surface area (Å²) in [5, 5.41) is 3.08. The number of rotatable bonds is 7. The number of amides is 1. The fourth-order valence-corrected chi connectivity index (χ4v) is 4.03. The van der Waals surface area contributed by atoms with Crippen LogP contribution in [0.25, 0.3) is 11.1 Å². The second-order valence-electron chi connectivity index (χ2n) is 8.42. The molecular weight excluding hydrogens is 398 g/mol. The Hall–Kier alpha value is -3.15. The fourth-order valence-electron chi connectivity index (χ4n) is 4.03. The molecule has 5 nitrogen and oxygen atoms in total. The van der Waals surface area contributed by atoms with Crippen molar-refractivity contribution in [2.24, 2.45) is 0 Å². The Labute approximate surface area is 190 Å². The van der Waals surface area contributed by atoms with E-state index in [-0.39, 0.29) is 5.91 Å². The van der Waals surface area contributed by atoms with E-state index in [0.29, 0.717) is 12.1 Å². The predicted molar refractivity (Wildman–Crippen MR) is 130 cm³/mol. The minimum Gasteiger partial charge on any atom is -0.378 e. The van der Waals surface area contributed by atoms with E-state index in [1.54, 1.807) is 0 Å². The zero-order valence-electron chi connectivity index (χ0n) is 18.9. The number of nitrogens with one attached hydrogen (secondary N) is 1. The normalized spacial score (nSPS) is 13.9. The molecule has 1 aliphatic heterocycles. The number of anilines is 1. The summed E-state index contributed by atoms with van der Waals surface area (Å²) in [6, 6.07) is 24.7. The summed E-state index contributed by atoms with van der Waals surface area (Å²) in [6.07, 6.45) is 0. The lowest BCUT2D eigenvalue weighted by molar-refractivity contribution is 0.0951. The Balaban J connectivity index is 1.41. The zero-order chi connectivity index (χ0) is 22.3. The topological polar surface area (TPSA) is 44.8 Å². The number of hydrogen-bond donors (Lipinski definition) is 1. The van der Waals surface area contributed by atoms with Crippen LogP contribution in [-0.4, -0.2) is 51.2 Å². The summed E-state index contributed by atoms with van der Waals surface area (Å²) in [5.41, 5.74) is 6.50. The summed E-state index contributed by atoms with van der Waals surface area (Å²) in [7, 11) is 4.14. The third-order valence-electron chi connectivity index (χ3n) is 5.73. The van der Waals surface area contributed by atoms with E-state index in [9.17, 15) is 4.79 Å². The van der Waals surface area contributed by atoms with Crippen LogP contribution in [-0.2, 0) is 17.8 Å². The second-order valence-corrected chi connectivity index (χ2v) is 8.42. The summed E-state index contributed by atoms with van der Waals surface area (Å²) < 4.78 is 5.41. The highest BCUT2D eigenvalue weighted by atomic mass is 16.5. The summed E-state index contributed by atoms with van der Waals surface area (Å²) >= 11 is 0. The molecule has 3 aromatic rings. The van der Waals surface area contributed by atoms with Gasteiger partial charge in [-0.05, 0) is 60.6 Å². The van der Waals surface area contributed by atoms with Gasteiger partial charge < -0.3 is 19.9 Å². The highest BCUT2D eigenvalue weighted by Crippen LogP contribution is 2.24. The summed E-state index contributed by atoms with van der Waals surface area (Å²) in [4.78, 5) is 17.2. The van der Waals surface area contributed by atoms with Crippen molar-refractivity contribution in [2.45, 2.75) is 13.1 Å². The predicted octanol–water partition coefficient (Wildman–Crippen LogP) is 4.18. The van der Waals surface area contributed by atoms with Crippen LogP contribution in [0.5, 0.6) is 0 Å². The van der Waals surface area contributed by atoms with Gasteiger partial charge in [0, 0.05) is 37.4 Å². The van der Waals surface area contributed by atoms with Gasteiger partial charge in [0.1, 0.15) is 0 Å². The highest BCUT2D eigenvalue weighted by Gasteiger charge is 2.13. The number of carbonyl (C=O) groups is 1. The molecule has 0 radical (unpaired) electrons. The largest absolute Gasteiger partial charge is 0.378 e. The molecule has 0 atom stereocenters. The maximum absolute atomic E-state index is 12.8. The van der Waals surface area contributed by atoms with Crippen molar-refractivity contribution in [3.63, 3.8) is 0 Å². The Kier molecular flexibility index (Phi) is 7.20. The second kappa shape index (κ2) is 10.4. The van der Waals surface area contributed by atoms with Gasteiger partial charge in [0.05, 0.1) is 13.2 Å². The van der Waals surface area contributed by atoms with Crippen molar-refractivity contribution in [2.75, 3.05) is 45.3 Å². The molecule has 1 aliphatic rings. The third-order valence-corrected chi connectivity index (χ3v) is 5.73. The van der Waals surface area contributed by atoms with E-state index in [1.807, 2.05) is 36.4 Å². The average Bonchev–Trinajstić information content (AvgIpc) is 2.83. The van der Waals surface area contributed by atoms with Gasteiger partial charge in [-0.2, -0.15) is 0 Å². The van der Waals surface area contributed by atoms with Crippen LogP contribution >= 0.6 is 0 Å². The lowest BCUT2D eigenvalue weighted by atomic mass is 9.98. The Morgan fingerprint density at radius 1 is 0.938 bits per heavy atom. The van der Waals surface area contributed by atoms with Crippen molar-refractivity contribution in [3.8, 4) is 11.1 Å². The van der Waals surface area contributed by atoms with Crippen LogP contribution in [0.2, 0.25) is 0 Å². The Bertz CT molecular complexity index is 1020. The molecule has 0 bridgehead atoms. The van der Waals surface area contributed by atoms with Gasteiger partial charge in [-0.15, -0.1) is 0 Å². The first-order valence-electron chi connectivity index (χ1n) is 11.1. The maximum atomic E-state index is 12.8. The highest BCUT2D eigenvalue weighted by molar-refractivity contribution is 5.94. The summed E-state index contributed by atoms with van der Waals surface area (Å²) in [5.74, 6) is -0.0605. The van der Waals surface area contributed by atoms with E-state index in [1.165, 1.54) is 5.56 Å². The fraction of sp³-hybridized carbons (Fsp3) is 0.296. The van der Waals surface area contributed by atoms with E-state index >= 15 is 0 Å². The van der Waals surface area contributed by atoms with Crippen molar-refractivity contribution in [1.82, 2.24) is 10.2 Å². The molecule has 0 saturated carbocycles. The van der Waals surface area contributed by atoms with Crippen molar-refractivity contribution in [1.29, 1.82) is 0 Å². The van der Waals surface area contributed by atoms with Gasteiger partial charge in [0.15, 0.2) is 0 Å². The lowest BCUT2D eigenvalue weighted by Crippen LogP contribution is -2.36. The monoisotopic (exact) mass is 429 g/mol. The van der Waals surface area contributed by atoms with Crippen molar-refractivity contribution >= 4 is 11.6 Å². The van der Waals surface area contributed by atoms with Crippen molar-refractivity contribution in [3.05, 3.63) is 89.5 Å². The molecule has 0 aromatic heterocycles. The third kappa shape index (κ3) is 5.55. The first-order chi connectivity index (χ1) is 15.6. The van der Waals surface area contributed by atoms with E-state index in [4.69, 9.17) is 4.74 Å². The van der Waals surface area contributed by atoms with Gasteiger partial charge in [0.25, 0.3) is 5.91 Å². The molecule has 1 heterocycles. The smallest absolute Gasteiger partial charge is 0.251 e. The molecule has 0 unspecified atom stereocenters. The van der Waals surface area contributed by atoms with Crippen LogP contribution in [0.1, 0.15) is 21.5 Å². The number of benzene rings is 3. The lowest BCUT2D eigenvalue weighted by Gasteiger charge is -2.28. The average molecular weight is 430 g/mol. The van der Waals surface area contributed by atoms with Crippen LogP contribution in [0.3, 0.4) is 0 Å². The molecule has 1 fully saturated rings. The molecule has 166 valence electrons. The Morgan fingerprint density at radius 2 is 1.62 bits per heavy atom. The molecule has 0 spiro atoms. The van der Waals surface area contributed by atoms with Crippen LogP contribution in [0.4, 0.5) is 5.69 Å². The molecule has 4 rings (SSSR count). The number of ether oxygens (including phenoxy) is 1. The molecule has 0 aliphatic carbocycles. The standard InChI is InChI=1S/C27H31N3O2/c1-29(2)20-21-7-9-22(10-8-21)26-6-4-3-5-24(26)19-28-27(31)23-11-13-25(14-12-23)30-15-17-32-18-16-30/h3-14H,15-20H2,1-2H3,(H,28,31). The molecular formula is C27H31N3O2. The molecule has 32 heavy (non-hydrogen) atoms. The molecule has 5 heteroatoms. The van der Waals surface area contributed by atoms with Crippen molar-refractivity contribution < 1.29 is 9.53 Å². The van der Waals surface area contributed by atoms with Crippen LogP contribution in [0.15, 0.2) is 72.8 Å². The molecule has 3 aromatic carbocycles. The zero-order valence-corrected chi connectivity index (χ0v) is 18.9. The summed E-state index contributed by atoms with van der Waals surface area (Å²) in [6.45, 7) is 4.68.